The fraction of sp³-hybridized carbons (Fsp3) is 0.947. The first-order valence-electron chi connectivity index (χ1n) is 29.2. The molecule has 0 radical (unpaired) electrons. The highest BCUT2D eigenvalue weighted by Crippen LogP contribution is 2.23. The first-order valence-corrected chi connectivity index (χ1v) is 29.2. The van der Waals surface area contributed by atoms with Gasteiger partial charge in [0.25, 0.3) is 0 Å². The minimum absolute atomic E-state index is 0.0729. The number of carbonyl (C=O) groups excluding carboxylic acids is 3. The van der Waals surface area contributed by atoms with Crippen molar-refractivity contribution in [1.82, 2.24) is 5.32 Å². The fourth-order valence-corrected chi connectivity index (χ4v) is 9.22. The summed E-state index contributed by atoms with van der Waals surface area (Å²) in [5, 5.41) is 35.0. The number of aliphatic hydroxyl groups is 3. The molecule has 3 unspecified atom stereocenters. The Morgan fingerprint density at radius 1 is 0.426 bits per heavy atom. The quantitative estimate of drug-likeness (QED) is 0.0341. The largest absolute Gasteiger partial charge is 0.462 e. The second-order valence-electron chi connectivity index (χ2n) is 20.4. The van der Waals surface area contributed by atoms with Crippen molar-refractivity contribution in [2.75, 3.05) is 19.8 Å². The smallest absolute Gasteiger partial charge is 0.306 e. The lowest BCUT2D eigenvalue weighted by Gasteiger charge is -2.40. The Morgan fingerprint density at radius 3 is 1.15 bits per heavy atom. The third-order valence-electron chi connectivity index (χ3n) is 13.8. The Hall–Kier alpha value is -1.79. The van der Waals surface area contributed by atoms with Crippen LogP contribution in [-0.4, -0.2) is 89.7 Å². The summed E-state index contributed by atoms with van der Waals surface area (Å²) < 4.78 is 23.1. The van der Waals surface area contributed by atoms with Gasteiger partial charge in [-0.2, -0.15) is 0 Å². The van der Waals surface area contributed by atoms with Crippen LogP contribution in [0.15, 0.2) is 0 Å². The van der Waals surface area contributed by atoms with E-state index < -0.39 is 42.8 Å². The van der Waals surface area contributed by atoms with Gasteiger partial charge >= 0.3 is 11.9 Å². The van der Waals surface area contributed by atoms with Crippen molar-refractivity contribution in [2.24, 2.45) is 0 Å². The highest BCUT2D eigenvalue weighted by atomic mass is 16.7. The molecule has 11 heteroatoms. The van der Waals surface area contributed by atoms with E-state index in [-0.39, 0.29) is 44.5 Å². The number of rotatable bonds is 50. The molecular weight excluding hydrogens is 859 g/mol. The van der Waals surface area contributed by atoms with E-state index in [9.17, 15) is 29.7 Å². The normalized spacial score (nSPS) is 18.7. The zero-order valence-electron chi connectivity index (χ0n) is 44.5. The van der Waals surface area contributed by atoms with Crippen LogP contribution >= 0.6 is 0 Å². The maximum Gasteiger partial charge on any atom is 0.306 e. The average molecular weight is 968 g/mol. The standard InChI is InChI=1S/C57H109NO10/c1-4-7-10-13-16-19-22-24-25-27-29-31-34-37-40-43-51(59)58-46-50-54(62)55(63)56(64)57(68-50)66-48-49(67-53(61)45-42-39-36-33-28-21-18-15-12-9-6-3)47-65-52(60)44-41-38-35-32-30-26-23-20-17-14-11-8-5-2/h49-50,54-57,62-64H,4-48H2,1-3H3,(H,58,59)/t49-,50?,54-,55?,56?,57+/m1/s1. The summed E-state index contributed by atoms with van der Waals surface area (Å²) >= 11 is 0. The molecule has 1 aliphatic heterocycles. The molecule has 1 rings (SSSR count). The van der Waals surface area contributed by atoms with Gasteiger partial charge in [-0.25, -0.2) is 0 Å². The van der Waals surface area contributed by atoms with Crippen molar-refractivity contribution in [1.29, 1.82) is 0 Å². The van der Waals surface area contributed by atoms with Crippen molar-refractivity contribution in [3.8, 4) is 0 Å². The zero-order valence-corrected chi connectivity index (χ0v) is 44.5. The van der Waals surface area contributed by atoms with Crippen LogP contribution in [0.3, 0.4) is 0 Å². The van der Waals surface area contributed by atoms with E-state index in [2.05, 4.69) is 26.1 Å². The van der Waals surface area contributed by atoms with Gasteiger partial charge in [0, 0.05) is 25.8 Å². The van der Waals surface area contributed by atoms with E-state index in [4.69, 9.17) is 18.9 Å². The molecule has 0 aromatic carbocycles. The van der Waals surface area contributed by atoms with Gasteiger partial charge in [0.1, 0.15) is 31.0 Å². The number of ether oxygens (including phenoxy) is 4. The van der Waals surface area contributed by atoms with Gasteiger partial charge in [0.05, 0.1) is 6.61 Å². The first-order chi connectivity index (χ1) is 33.2. The Labute approximate surface area is 417 Å². The summed E-state index contributed by atoms with van der Waals surface area (Å²) in [4.78, 5) is 38.5. The molecule has 1 saturated heterocycles. The Balaban J connectivity index is 2.49. The lowest BCUT2D eigenvalue weighted by atomic mass is 9.98. The van der Waals surface area contributed by atoms with E-state index >= 15 is 0 Å². The number of esters is 2. The van der Waals surface area contributed by atoms with E-state index in [1.54, 1.807) is 0 Å². The molecule has 4 N–H and O–H groups in total. The number of unbranched alkanes of at least 4 members (excludes halogenated alkanes) is 36. The summed E-state index contributed by atoms with van der Waals surface area (Å²) in [6.07, 6.45) is 40.2. The SMILES string of the molecule is CCCCCCCCCCCCCCCCCC(=O)NCC1O[C@H](OC[C@@H](COC(=O)CCCCCCCCCCCCCCC)OC(=O)CCCCCCCCCCCCC)C(O)C(O)[C@@H]1O. The predicted molar refractivity (Wildman–Crippen MR) is 277 cm³/mol. The second kappa shape index (κ2) is 47.5. The number of carbonyl (C=O) groups is 3. The van der Waals surface area contributed by atoms with Crippen LogP contribution in [0.1, 0.15) is 290 Å². The Morgan fingerprint density at radius 2 is 0.765 bits per heavy atom. The molecular formula is C57H109NO10. The predicted octanol–water partition coefficient (Wildman–Crippen LogP) is 13.8. The highest BCUT2D eigenvalue weighted by molar-refractivity contribution is 5.75. The highest BCUT2D eigenvalue weighted by Gasteiger charge is 2.44. The van der Waals surface area contributed by atoms with Crippen molar-refractivity contribution in [2.45, 2.75) is 327 Å². The number of amides is 1. The van der Waals surface area contributed by atoms with Gasteiger partial charge in [-0.3, -0.25) is 14.4 Å². The van der Waals surface area contributed by atoms with E-state index in [1.807, 2.05) is 0 Å². The van der Waals surface area contributed by atoms with Crippen LogP contribution in [0.25, 0.3) is 0 Å². The Kier molecular flexibility index (Phi) is 44.9. The van der Waals surface area contributed by atoms with Crippen molar-refractivity contribution in [3.05, 3.63) is 0 Å². The van der Waals surface area contributed by atoms with E-state index in [0.717, 1.165) is 57.8 Å². The maximum absolute atomic E-state index is 13.0. The molecule has 0 bridgehead atoms. The minimum Gasteiger partial charge on any atom is -0.462 e. The molecule has 6 atom stereocenters. The summed E-state index contributed by atoms with van der Waals surface area (Å²) in [5.41, 5.74) is 0. The lowest BCUT2D eigenvalue weighted by Crippen LogP contribution is -2.60. The second-order valence-corrected chi connectivity index (χ2v) is 20.4. The molecule has 1 fully saturated rings. The van der Waals surface area contributed by atoms with E-state index in [1.165, 1.54) is 186 Å². The molecule has 11 nitrogen and oxygen atoms in total. The molecule has 0 spiro atoms. The summed E-state index contributed by atoms with van der Waals surface area (Å²) in [6.45, 7) is 6.19. The third-order valence-corrected chi connectivity index (χ3v) is 13.8. The van der Waals surface area contributed by atoms with Crippen molar-refractivity contribution < 1.29 is 48.7 Å². The molecule has 0 aromatic heterocycles. The molecule has 68 heavy (non-hydrogen) atoms. The topological polar surface area (TPSA) is 161 Å². The summed E-state index contributed by atoms with van der Waals surface area (Å²) in [6, 6.07) is 0. The maximum atomic E-state index is 13.0. The lowest BCUT2D eigenvalue weighted by molar-refractivity contribution is -0.299. The van der Waals surface area contributed by atoms with Crippen LogP contribution in [0.4, 0.5) is 0 Å². The minimum atomic E-state index is -1.59. The molecule has 1 heterocycles. The number of nitrogens with one attached hydrogen (secondary N) is 1. The van der Waals surface area contributed by atoms with Gasteiger partial charge in [0.2, 0.25) is 5.91 Å². The van der Waals surface area contributed by atoms with Gasteiger partial charge in [-0.15, -0.1) is 0 Å². The van der Waals surface area contributed by atoms with Crippen LogP contribution in [0.5, 0.6) is 0 Å². The van der Waals surface area contributed by atoms with Gasteiger partial charge < -0.3 is 39.6 Å². The van der Waals surface area contributed by atoms with E-state index in [0.29, 0.717) is 12.8 Å². The van der Waals surface area contributed by atoms with Crippen LogP contribution in [0.2, 0.25) is 0 Å². The van der Waals surface area contributed by atoms with Crippen molar-refractivity contribution in [3.63, 3.8) is 0 Å². The molecule has 1 aliphatic rings. The molecule has 0 saturated carbocycles. The number of hydrogen-bond acceptors (Lipinski definition) is 10. The van der Waals surface area contributed by atoms with Gasteiger partial charge in [-0.1, -0.05) is 252 Å². The van der Waals surface area contributed by atoms with Gasteiger partial charge in [-0.05, 0) is 19.3 Å². The summed E-state index contributed by atoms with van der Waals surface area (Å²) in [7, 11) is 0. The third kappa shape index (κ3) is 38.0. The number of hydrogen-bond donors (Lipinski definition) is 4. The molecule has 1 amide bonds. The molecule has 0 aliphatic carbocycles. The van der Waals surface area contributed by atoms with Gasteiger partial charge in [0.15, 0.2) is 12.4 Å². The average Bonchev–Trinajstić information content (AvgIpc) is 3.33. The summed E-state index contributed by atoms with van der Waals surface area (Å²) in [5.74, 6) is -0.955. The fourth-order valence-electron chi connectivity index (χ4n) is 9.22. The van der Waals surface area contributed by atoms with Crippen LogP contribution in [0, 0.1) is 0 Å². The molecule has 402 valence electrons. The first kappa shape index (κ1) is 64.2. The Bertz CT molecular complexity index is 1140. The zero-order chi connectivity index (χ0) is 49.6. The monoisotopic (exact) mass is 968 g/mol. The number of aliphatic hydroxyl groups excluding tert-OH is 3. The van der Waals surface area contributed by atoms with Crippen LogP contribution < -0.4 is 5.32 Å². The van der Waals surface area contributed by atoms with Crippen molar-refractivity contribution >= 4 is 17.8 Å². The molecule has 0 aromatic rings. The van der Waals surface area contributed by atoms with Crippen LogP contribution in [-0.2, 0) is 33.3 Å².